The van der Waals surface area contributed by atoms with Gasteiger partial charge < -0.3 is 9.64 Å². The summed E-state index contributed by atoms with van der Waals surface area (Å²) in [4.78, 5) is 23.4. The van der Waals surface area contributed by atoms with E-state index in [-0.39, 0.29) is 12.0 Å². The van der Waals surface area contributed by atoms with Crippen molar-refractivity contribution < 1.29 is 9.53 Å². The van der Waals surface area contributed by atoms with Crippen LogP contribution in [-0.2, 0) is 11.3 Å². The van der Waals surface area contributed by atoms with E-state index >= 15 is 0 Å². The minimum atomic E-state index is 0.0802. The zero-order chi connectivity index (χ0) is 18.5. The predicted molar refractivity (Wildman–Crippen MR) is 106 cm³/mol. The SMILES string of the molecule is O=C(c1cccc(-c2nccs2)c1)N1CCC(OCc2ccccn2)CC1. The molecule has 5 nitrogen and oxygen atoms in total. The summed E-state index contributed by atoms with van der Waals surface area (Å²) < 4.78 is 5.96. The first-order valence-electron chi connectivity index (χ1n) is 9.10. The number of hydrogen-bond donors (Lipinski definition) is 0. The van der Waals surface area contributed by atoms with Crippen LogP contribution in [0.4, 0.5) is 0 Å². The molecule has 0 saturated carbocycles. The summed E-state index contributed by atoms with van der Waals surface area (Å²) in [5.74, 6) is 0.0802. The van der Waals surface area contributed by atoms with Gasteiger partial charge in [0.05, 0.1) is 18.4 Å². The number of amides is 1. The van der Waals surface area contributed by atoms with Gasteiger partial charge in [0.25, 0.3) is 5.91 Å². The number of carbonyl (C=O) groups excluding carboxylic acids is 1. The Morgan fingerprint density at radius 3 is 2.74 bits per heavy atom. The van der Waals surface area contributed by atoms with Crippen molar-refractivity contribution in [3.63, 3.8) is 0 Å². The van der Waals surface area contributed by atoms with Crippen LogP contribution in [0.2, 0.25) is 0 Å². The van der Waals surface area contributed by atoms with Crippen LogP contribution in [0.25, 0.3) is 10.6 Å². The average molecular weight is 379 g/mol. The first-order valence-corrected chi connectivity index (χ1v) is 9.98. The number of likely N-dealkylation sites (tertiary alicyclic amines) is 1. The molecule has 1 fully saturated rings. The van der Waals surface area contributed by atoms with Gasteiger partial charge in [-0.15, -0.1) is 11.3 Å². The largest absolute Gasteiger partial charge is 0.372 e. The Balaban J connectivity index is 1.33. The van der Waals surface area contributed by atoms with E-state index in [0.29, 0.717) is 19.7 Å². The smallest absolute Gasteiger partial charge is 0.253 e. The number of benzene rings is 1. The second kappa shape index (κ2) is 8.41. The molecule has 1 aliphatic heterocycles. The zero-order valence-electron chi connectivity index (χ0n) is 15.0. The number of piperidine rings is 1. The van der Waals surface area contributed by atoms with Crippen LogP contribution in [0.1, 0.15) is 28.9 Å². The molecule has 0 N–H and O–H groups in total. The highest BCUT2D eigenvalue weighted by Gasteiger charge is 2.24. The van der Waals surface area contributed by atoms with Crippen LogP contribution in [0.15, 0.2) is 60.2 Å². The monoisotopic (exact) mass is 379 g/mol. The van der Waals surface area contributed by atoms with Crippen molar-refractivity contribution >= 4 is 17.2 Å². The molecule has 1 aromatic carbocycles. The molecule has 4 rings (SSSR count). The van der Waals surface area contributed by atoms with Crippen LogP contribution in [0.5, 0.6) is 0 Å². The quantitative estimate of drug-likeness (QED) is 0.672. The predicted octanol–water partition coefficient (Wildman–Crippen LogP) is 4.03. The number of ether oxygens (including phenoxy) is 1. The van der Waals surface area contributed by atoms with Gasteiger partial charge in [-0.25, -0.2) is 4.98 Å². The molecule has 0 unspecified atom stereocenters. The van der Waals surface area contributed by atoms with Crippen molar-refractivity contribution in [2.45, 2.75) is 25.6 Å². The molecule has 3 aromatic rings. The molecule has 1 saturated heterocycles. The minimum absolute atomic E-state index is 0.0802. The normalized spacial score (nSPS) is 15.0. The third-order valence-corrected chi connectivity index (χ3v) is 5.53. The van der Waals surface area contributed by atoms with Crippen LogP contribution >= 0.6 is 11.3 Å². The summed E-state index contributed by atoms with van der Waals surface area (Å²) in [6.07, 6.45) is 5.44. The van der Waals surface area contributed by atoms with Crippen molar-refractivity contribution in [3.05, 3.63) is 71.5 Å². The molecular weight excluding hydrogens is 358 g/mol. The van der Waals surface area contributed by atoms with Gasteiger partial charge in [-0.3, -0.25) is 9.78 Å². The van der Waals surface area contributed by atoms with Crippen molar-refractivity contribution in [1.82, 2.24) is 14.9 Å². The van der Waals surface area contributed by atoms with Crippen LogP contribution in [-0.4, -0.2) is 40.0 Å². The third kappa shape index (κ3) is 4.40. The molecule has 0 radical (unpaired) electrons. The highest BCUT2D eigenvalue weighted by molar-refractivity contribution is 7.13. The van der Waals surface area contributed by atoms with E-state index in [2.05, 4.69) is 9.97 Å². The van der Waals surface area contributed by atoms with Gasteiger partial charge in [0, 0.05) is 42.0 Å². The van der Waals surface area contributed by atoms with E-state index in [9.17, 15) is 4.79 Å². The summed E-state index contributed by atoms with van der Waals surface area (Å²) >= 11 is 1.58. The van der Waals surface area contributed by atoms with E-state index in [1.807, 2.05) is 52.7 Å². The van der Waals surface area contributed by atoms with Gasteiger partial charge in [0.2, 0.25) is 0 Å². The molecule has 3 heterocycles. The maximum atomic E-state index is 12.9. The lowest BCUT2D eigenvalue weighted by Gasteiger charge is -2.32. The summed E-state index contributed by atoms with van der Waals surface area (Å²) in [5.41, 5.74) is 2.65. The highest BCUT2D eigenvalue weighted by atomic mass is 32.1. The Morgan fingerprint density at radius 1 is 1.11 bits per heavy atom. The Labute approximate surface area is 162 Å². The lowest BCUT2D eigenvalue weighted by molar-refractivity contribution is -0.00160. The summed E-state index contributed by atoms with van der Waals surface area (Å²) in [7, 11) is 0. The van der Waals surface area contributed by atoms with E-state index in [4.69, 9.17) is 4.74 Å². The summed E-state index contributed by atoms with van der Waals surface area (Å²) in [5, 5.41) is 2.88. The lowest BCUT2D eigenvalue weighted by atomic mass is 10.1. The Kier molecular flexibility index (Phi) is 5.55. The molecule has 0 bridgehead atoms. The molecular formula is C21H21N3O2S. The number of hydrogen-bond acceptors (Lipinski definition) is 5. The van der Waals surface area contributed by atoms with Crippen molar-refractivity contribution in [2.24, 2.45) is 0 Å². The molecule has 6 heteroatoms. The highest BCUT2D eigenvalue weighted by Crippen LogP contribution is 2.24. The number of thiazole rings is 1. The Morgan fingerprint density at radius 2 is 2.00 bits per heavy atom. The maximum absolute atomic E-state index is 12.9. The first-order chi connectivity index (χ1) is 13.3. The Bertz CT molecular complexity index is 875. The van der Waals surface area contributed by atoms with Gasteiger partial charge in [0.15, 0.2) is 0 Å². The first kappa shape index (κ1) is 17.8. The number of aromatic nitrogens is 2. The molecule has 1 aliphatic rings. The molecule has 2 aromatic heterocycles. The van der Waals surface area contributed by atoms with Crippen LogP contribution < -0.4 is 0 Å². The lowest BCUT2D eigenvalue weighted by Crippen LogP contribution is -2.40. The average Bonchev–Trinajstić information content (AvgIpc) is 3.28. The van der Waals surface area contributed by atoms with Crippen molar-refractivity contribution in [1.29, 1.82) is 0 Å². The third-order valence-electron chi connectivity index (χ3n) is 4.71. The van der Waals surface area contributed by atoms with Crippen molar-refractivity contribution in [3.8, 4) is 10.6 Å². The number of rotatable bonds is 5. The fraction of sp³-hybridized carbons (Fsp3) is 0.286. The van der Waals surface area contributed by atoms with Gasteiger partial charge in [0.1, 0.15) is 5.01 Å². The summed E-state index contributed by atoms with van der Waals surface area (Å²) in [6.45, 7) is 1.95. The minimum Gasteiger partial charge on any atom is -0.372 e. The topological polar surface area (TPSA) is 55.3 Å². The van der Waals surface area contributed by atoms with E-state index in [1.54, 1.807) is 23.7 Å². The molecule has 138 valence electrons. The maximum Gasteiger partial charge on any atom is 0.253 e. The van der Waals surface area contributed by atoms with Crippen LogP contribution in [0, 0.1) is 0 Å². The number of carbonyl (C=O) groups is 1. The van der Waals surface area contributed by atoms with Gasteiger partial charge in [-0.1, -0.05) is 18.2 Å². The fourth-order valence-corrected chi connectivity index (χ4v) is 3.88. The molecule has 1 amide bonds. The second-order valence-corrected chi connectivity index (χ2v) is 7.44. The van der Waals surface area contributed by atoms with Crippen molar-refractivity contribution in [2.75, 3.05) is 13.1 Å². The van der Waals surface area contributed by atoms with Gasteiger partial charge in [-0.05, 0) is 37.1 Å². The Hall–Kier alpha value is -2.57. The zero-order valence-corrected chi connectivity index (χ0v) is 15.8. The summed E-state index contributed by atoms with van der Waals surface area (Å²) in [6, 6.07) is 13.6. The van der Waals surface area contributed by atoms with Gasteiger partial charge in [-0.2, -0.15) is 0 Å². The van der Waals surface area contributed by atoms with Crippen LogP contribution in [0.3, 0.4) is 0 Å². The standard InChI is InChI=1S/C21H21N3O2S/c25-21(17-5-3-4-16(14-17)20-23-10-13-27-20)24-11-7-19(8-12-24)26-15-18-6-1-2-9-22-18/h1-6,9-10,13-14,19H,7-8,11-12,15H2. The molecule has 0 spiro atoms. The number of pyridine rings is 1. The molecule has 27 heavy (non-hydrogen) atoms. The van der Waals surface area contributed by atoms with Gasteiger partial charge >= 0.3 is 0 Å². The van der Waals surface area contributed by atoms with E-state index in [0.717, 1.165) is 34.7 Å². The second-order valence-electron chi connectivity index (χ2n) is 6.54. The van der Waals surface area contributed by atoms with E-state index in [1.165, 1.54) is 0 Å². The molecule has 0 atom stereocenters. The fourth-order valence-electron chi connectivity index (χ4n) is 3.25. The molecule has 0 aliphatic carbocycles. The number of nitrogens with zero attached hydrogens (tertiary/aromatic N) is 3. The van der Waals surface area contributed by atoms with E-state index < -0.39 is 0 Å².